The summed E-state index contributed by atoms with van der Waals surface area (Å²) in [5, 5.41) is 0. The summed E-state index contributed by atoms with van der Waals surface area (Å²) in [6, 6.07) is 11.7. The average molecular weight is 428 g/mol. The van der Waals surface area contributed by atoms with Gasteiger partial charge in [0.1, 0.15) is 16.5 Å². The van der Waals surface area contributed by atoms with Gasteiger partial charge in [-0.3, -0.25) is 4.79 Å². The zero-order valence-corrected chi connectivity index (χ0v) is 16.8. The maximum Gasteiger partial charge on any atom is 0.349 e. The number of hydrogen-bond acceptors (Lipinski definition) is 5. The van der Waals surface area contributed by atoms with Gasteiger partial charge in [-0.25, -0.2) is 13.6 Å². The number of halogens is 2. The normalized spacial score (nSPS) is 11.0. The summed E-state index contributed by atoms with van der Waals surface area (Å²) in [6.07, 6.45) is 0.758. The Morgan fingerprint density at radius 1 is 0.897 bits per heavy atom. The first-order valence-corrected chi connectivity index (χ1v) is 10.4. The minimum atomic E-state index is -0.474. The summed E-state index contributed by atoms with van der Waals surface area (Å²) in [5.41, 5.74) is 2.61. The molecule has 0 bridgehead atoms. The average Bonchev–Trinajstić information content (AvgIpc) is 3.25. The molecule has 0 saturated heterocycles. The van der Waals surface area contributed by atoms with Crippen LogP contribution in [0.4, 0.5) is 8.78 Å². The minimum absolute atomic E-state index is 0.220. The fourth-order valence-electron chi connectivity index (χ4n) is 3.14. The van der Waals surface area contributed by atoms with Gasteiger partial charge < -0.3 is 4.74 Å². The van der Waals surface area contributed by atoms with Crippen LogP contribution in [0.25, 0.3) is 31.7 Å². The molecule has 0 N–H and O–H groups in total. The van der Waals surface area contributed by atoms with Gasteiger partial charge in [-0.2, -0.15) is 0 Å². The number of benzene rings is 2. The van der Waals surface area contributed by atoms with E-state index in [0.29, 0.717) is 32.0 Å². The van der Waals surface area contributed by atoms with Crippen molar-refractivity contribution in [2.45, 2.75) is 6.92 Å². The summed E-state index contributed by atoms with van der Waals surface area (Å²) in [6.45, 7) is 1.94. The number of aldehydes is 1. The lowest BCUT2D eigenvalue weighted by molar-refractivity contribution is 0.0533. The van der Waals surface area contributed by atoms with Gasteiger partial charge >= 0.3 is 5.97 Å². The van der Waals surface area contributed by atoms with Crippen molar-refractivity contribution in [2.24, 2.45) is 0 Å². The third kappa shape index (κ3) is 3.47. The second-order valence-corrected chi connectivity index (χ2v) is 8.23. The molecule has 146 valence electrons. The van der Waals surface area contributed by atoms with Gasteiger partial charge in [0.25, 0.3) is 0 Å². The van der Waals surface area contributed by atoms with Crippen molar-refractivity contribution >= 4 is 44.3 Å². The van der Waals surface area contributed by atoms with Crippen molar-refractivity contribution in [1.82, 2.24) is 0 Å². The fourth-order valence-corrected chi connectivity index (χ4v) is 5.82. The zero-order valence-electron chi connectivity index (χ0n) is 15.2. The van der Waals surface area contributed by atoms with E-state index in [1.807, 2.05) is 0 Å². The van der Waals surface area contributed by atoms with Gasteiger partial charge in [0.05, 0.1) is 20.9 Å². The van der Waals surface area contributed by atoms with Gasteiger partial charge in [-0.1, -0.05) is 24.3 Å². The van der Waals surface area contributed by atoms with Crippen LogP contribution in [0.3, 0.4) is 0 Å². The van der Waals surface area contributed by atoms with E-state index < -0.39 is 5.97 Å². The van der Waals surface area contributed by atoms with Crippen molar-refractivity contribution in [2.75, 3.05) is 6.61 Å². The molecular weight excluding hydrogens is 414 g/mol. The van der Waals surface area contributed by atoms with Crippen LogP contribution in [0.2, 0.25) is 0 Å². The highest BCUT2D eigenvalue weighted by Gasteiger charge is 2.26. The zero-order chi connectivity index (χ0) is 20.5. The summed E-state index contributed by atoms with van der Waals surface area (Å²) < 4.78 is 33.5. The third-order valence-corrected chi connectivity index (χ3v) is 6.83. The largest absolute Gasteiger partial charge is 0.462 e. The third-order valence-electron chi connectivity index (χ3n) is 4.38. The van der Waals surface area contributed by atoms with Crippen LogP contribution in [0.5, 0.6) is 0 Å². The van der Waals surface area contributed by atoms with Crippen LogP contribution in [0.1, 0.15) is 26.3 Å². The van der Waals surface area contributed by atoms with E-state index in [0.717, 1.165) is 15.7 Å². The minimum Gasteiger partial charge on any atom is -0.462 e. The van der Waals surface area contributed by atoms with Crippen molar-refractivity contribution in [3.05, 3.63) is 69.9 Å². The molecule has 0 amide bonds. The molecule has 2 aromatic carbocycles. The fraction of sp³-hybridized carbons (Fsp3) is 0.0909. The molecule has 0 radical (unpaired) electrons. The molecule has 0 aliphatic carbocycles. The predicted octanol–water partition coefficient (Wildman–Crippen LogP) is 6.56. The molecule has 2 aromatic heterocycles. The number of carbonyl (C=O) groups excluding carboxylic acids is 2. The molecule has 0 saturated carbocycles. The molecule has 29 heavy (non-hydrogen) atoms. The first-order valence-electron chi connectivity index (χ1n) is 8.77. The number of carbonyl (C=O) groups is 2. The van der Waals surface area contributed by atoms with Crippen molar-refractivity contribution in [3.63, 3.8) is 0 Å². The molecule has 0 atom stereocenters. The highest BCUT2D eigenvalue weighted by molar-refractivity contribution is 7.31. The van der Waals surface area contributed by atoms with Gasteiger partial charge in [0.2, 0.25) is 0 Å². The summed E-state index contributed by atoms with van der Waals surface area (Å²) >= 11 is 2.47. The Labute approximate surface area is 173 Å². The smallest absolute Gasteiger partial charge is 0.349 e. The molecule has 4 aromatic rings. The summed E-state index contributed by atoms with van der Waals surface area (Å²) in [7, 11) is 0. The standard InChI is InChI=1S/C22H14F2O3S2/c1-2-27-22(26)21-18(13-5-9-15(24)10-6-13)20-19(29-21)17(16(11-25)28-20)12-3-7-14(23)8-4-12/h3-11H,2H2,1H3. The van der Waals surface area contributed by atoms with Gasteiger partial charge in [0.15, 0.2) is 6.29 Å². The Kier molecular flexibility index (Phi) is 5.25. The van der Waals surface area contributed by atoms with Crippen LogP contribution >= 0.6 is 22.7 Å². The van der Waals surface area contributed by atoms with Crippen molar-refractivity contribution in [1.29, 1.82) is 0 Å². The Bertz CT molecular complexity index is 1210. The Hall–Kier alpha value is -2.90. The molecule has 0 spiro atoms. The summed E-state index contributed by atoms with van der Waals surface area (Å²) in [4.78, 5) is 25.2. The molecule has 7 heteroatoms. The van der Waals surface area contributed by atoms with Crippen LogP contribution in [-0.2, 0) is 4.74 Å². The number of thiophene rings is 2. The first kappa shape index (κ1) is 19.4. The molecule has 2 heterocycles. The SMILES string of the molecule is CCOC(=O)c1sc2c(-c3ccc(F)cc3)c(C=O)sc2c1-c1ccc(F)cc1. The molecule has 3 nitrogen and oxygen atoms in total. The first-order chi connectivity index (χ1) is 14.0. The van der Waals surface area contributed by atoms with Gasteiger partial charge in [0, 0.05) is 11.1 Å². The number of esters is 1. The van der Waals surface area contributed by atoms with E-state index in [9.17, 15) is 18.4 Å². The maximum atomic E-state index is 13.4. The molecule has 0 aliphatic rings. The number of rotatable bonds is 5. The van der Waals surface area contributed by atoms with Gasteiger partial charge in [-0.05, 0) is 42.3 Å². The van der Waals surface area contributed by atoms with E-state index in [4.69, 9.17) is 4.74 Å². The van der Waals surface area contributed by atoms with E-state index in [2.05, 4.69) is 0 Å². The predicted molar refractivity (Wildman–Crippen MR) is 112 cm³/mol. The lowest BCUT2D eigenvalue weighted by Gasteiger charge is -2.04. The van der Waals surface area contributed by atoms with Crippen molar-refractivity contribution in [3.8, 4) is 22.3 Å². The highest BCUT2D eigenvalue weighted by Crippen LogP contribution is 2.49. The Morgan fingerprint density at radius 3 is 1.93 bits per heavy atom. The van der Waals surface area contributed by atoms with Crippen LogP contribution in [0.15, 0.2) is 48.5 Å². The van der Waals surface area contributed by atoms with Crippen LogP contribution in [-0.4, -0.2) is 18.9 Å². The molecule has 0 fully saturated rings. The number of hydrogen-bond donors (Lipinski definition) is 0. The summed E-state index contributed by atoms with van der Waals surface area (Å²) in [5.74, 6) is -1.24. The molecule has 0 unspecified atom stereocenters. The lowest BCUT2D eigenvalue weighted by Crippen LogP contribution is -2.03. The number of ether oxygens (including phenoxy) is 1. The van der Waals surface area contributed by atoms with Gasteiger partial charge in [-0.15, -0.1) is 22.7 Å². The van der Waals surface area contributed by atoms with Crippen molar-refractivity contribution < 1.29 is 23.1 Å². The van der Waals surface area contributed by atoms with Crippen LogP contribution < -0.4 is 0 Å². The quantitative estimate of drug-likeness (QED) is 0.267. The van der Waals surface area contributed by atoms with E-state index >= 15 is 0 Å². The van der Waals surface area contributed by atoms with Crippen LogP contribution in [0, 0.1) is 11.6 Å². The Balaban J connectivity index is 2.03. The maximum absolute atomic E-state index is 13.4. The van der Waals surface area contributed by atoms with E-state index in [1.165, 1.54) is 46.9 Å². The topological polar surface area (TPSA) is 43.4 Å². The molecule has 0 aliphatic heterocycles. The number of fused-ring (bicyclic) bond motifs is 1. The lowest BCUT2D eigenvalue weighted by atomic mass is 10.0. The Morgan fingerprint density at radius 2 is 1.41 bits per heavy atom. The molecule has 4 rings (SSSR count). The van der Waals surface area contributed by atoms with E-state index in [-0.39, 0.29) is 18.2 Å². The second kappa shape index (κ2) is 7.85. The second-order valence-electron chi connectivity index (χ2n) is 6.16. The van der Waals surface area contributed by atoms with E-state index in [1.54, 1.807) is 31.2 Å². The monoisotopic (exact) mass is 428 g/mol. The highest BCUT2D eigenvalue weighted by atomic mass is 32.1. The molecular formula is C22H14F2O3S2.